The summed E-state index contributed by atoms with van der Waals surface area (Å²) in [4.78, 5) is 31.1. The zero-order valence-electron chi connectivity index (χ0n) is 16.0. The van der Waals surface area contributed by atoms with Gasteiger partial charge in [-0.05, 0) is 49.9 Å². The van der Waals surface area contributed by atoms with Crippen LogP contribution in [-0.2, 0) is 16.1 Å². The van der Waals surface area contributed by atoms with E-state index in [1.807, 2.05) is 31.2 Å². The number of anilines is 1. The zero-order chi connectivity index (χ0) is 19.2. The number of halogens is 1. The molecule has 8 nitrogen and oxygen atoms in total. The molecule has 1 saturated heterocycles. The van der Waals surface area contributed by atoms with E-state index in [1.54, 1.807) is 4.90 Å². The Balaban J connectivity index is 0.00000280. The van der Waals surface area contributed by atoms with E-state index in [2.05, 4.69) is 20.5 Å². The van der Waals surface area contributed by atoms with Gasteiger partial charge in [-0.2, -0.15) is 5.10 Å². The Morgan fingerprint density at radius 2 is 2.04 bits per heavy atom. The Hall–Kier alpha value is -2.45. The third-order valence-electron chi connectivity index (χ3n) is 4.73. The molecule has 1 fully saturated rings. The number of hydrogen-bond donors (Lipinski definition) is 3. The number of aromatic nitrogens is 3. The Morgan fingerprint density at radius 1 is 1.29 bits per heavy atom. The van der Waals surface area contributed by atoms with Crippen molar-refractivity contribution in [1.29, 1.82) is 0 Å². The van der Waals surface area contributed by atoms with Crippen LogP contribution in [0.15, 0.2) is 24.3 Å². The highest BCUT2D eigenvalue weighted by Crippen LogP contribution is 2.22. The monoisotopic (exact) mass is 406 g/mol. The average Bonchev–Trinajstić information content (AvgIpc) is 3.18. The van der Waals surface area contributed by atoms with Crippen molar-refractivity contribution in [2.45, 2.75) is 51.6 Å². The van der Waals surface area contributed by atoms with Crippen LogP contribution in [0.2, 0.25) is 0 Å². The summed E-state index contributed by atoms with van der Waals surface area (Å²) in [6.07, 6.45) is 3.90. The zero-order valence-corrected chi connectivity index (χ0v) is 16.8. The van der Waals surface area contributed by atoms with Gasteiger partial charge in [-0.3, -0.25) is 14.7 Å². The number of nitrogens with one attached hydrogen (secondary N) is 2. The Kier molecular flexibility index (Phi) is 7.95. The fourth-order valence-electron chi connectivity index (χ4n) is 3.30. The van der Waals surface area contributed by atoms with Gasteiger partial charge in [0.1, 0.15) is 11.9 Å². The third kappa shape index (κ3) is 5.08. The van der Waals surface area contributed by atoms with Crippen LogP contribution in [0.3, 0.4) is 0 Å². The number of benzene rings is 1. The second-order valence-corrected chi connectivity index (χ2v) is 6.73. The second kappa shape index (κ2) is 10.2. The number of hydrogen-bond acceptors (Lipinski definition) is 5. The second-order valence-electron chi connectivity index (χ2n) is 6.73. The Morgan fingerprint density at radius 3 is 2.68 bits per heavy atom. The summed E-state index contributed by atoms with van der Waals surface area (Å²) < 4.78 is 0. The van der Waals surface area contributed by atoms with Gasteiger partial charge in [0, 0.05) is 24.2 Å². The van der Waals surface area contributed by atoms with Gasteiger partial charge in [-0.15, -0.1) is 12.4 Å². The number of piperidine rings is 1. The predicted octanol–water partition coefficient (Wildman–Crippen LogP) is 2.47. The number of nitrogens with zero attached hydrogens (tertiary/aromatic N) is 3. The van der Waals surface area contributed by atoms with Crippen LogP contribution in [0.5, 0.6) is 0 Å². The molecule has 2 amide bonds. The summed E-state index contributed by atoms with van der Waals surface area (Å²) in [6.45, 7) is 2.93. The van der Waals surface area contributed by atoms with Crippen molar-refractivity contribution in [1.82, 2.24) is 20.1 Å². The molecule has 1 aliphatic rings. The molecule has 3 rings (SSSR count). The lowest BCUT2D eigenvalue weighted by Crippen LogP contribution is -2.49. The van der Waals surface area contributed by atoms with Crippen molar-refractivity contribution in [2.24, 2.45) is 5.73 Å². The highest BCUT2D eigenvalue weighted by atomic mass is 35.5. The summed E-state index contributed by atoms with van der Waals surface area (Å²) in [5, 5.41) is 9.83. The molecule has 1 aromatic carbocycles. The molecule has 1 aromatic heterocycles. The van der Waals surface area contributed by atoms with Gasteiger partial charge < -0.3 is 16.0 Å². The van der Waals surface area contributed by atoms with E-state index in [9.17, 15) is 9.59 Å². The van der Waals surface area contributed by atoms with Gasteiger partial charge in [0.15, 0.2) is 5.82 Å². The first kappa shape index (κ1) is 21.8. The van der Waals surface area contributed by atoms with E-state index in [0.29, 0.717) is 43.3 Å². The third-order valence-corrected chi connectivity index (χ3v) is 4.73. The molecule has 0 saturated carbocycles. The lowest BCUT2D eigenvalue weighted by molar-refractivity contribution is -0.140. The van der Waals surface area contributed by atoms with E-state index in [-0.39, 0.29) is 24.2 Å². The van der Waals surface area contributed by atoms with Crippen molar-refractivity contribution in [3.8, 4) is 11.4 Å². The van der Waals surface area contributed by atoms with Gasteiger partial charge >= 0.3 is 0 Å². The maximum absolute atomic E-state index is 12.7. The normalized spacial score (nSPS) is 16.4. The van der Waals surface area contributed by atoms with Crippen LogP contribution < -0.4 is 11.1 Å². The number of nitrogens with two attached hydrogens (primary N) is 1. The molecule has 0 radical (unpaired) electrons. The standard InChI is InChI=1S/C19H26N6O2.ClH/c1-2-5-17(26)25-11-4-3-6-15(25)19(27)21-14-9-7-13(8-10-14)18-22-16(12-20)23-24-18;/h7-10,15H,2-6,11-12,20H2,1H3,(H,21,27)(H,22,23,24);1H. The highest BCUT2D eigenvalue weighted by Gasteiger charge is 2.31. The minimum Gasteiger partial charge on any atom is -0.331 e. The molecule has 2 aromatic rings. The molecule has 9 heteroatoms. The number of rotatable bonds is 6. The first-order valence-electron chi connectivity index (χ1n) is 9.44. The summed E-state index contributed by atoms with van der Waals surface area (Å²) in [6, 6.07) is 6.93. The smallest absolute Gasteiger partial charge is 0.247 e. The predicted molar refractivity (Wildman–Crippen MR) is 110 cm³/mol. The summed E-state index contributed by atoms with van der Waals surface area (Å²) >= 11 is 0. The number of carbonyl (C=O) groups excluding carboxylic acids is 2. The largest absolute Gasteiger partial charge is 0.331 e. The van der Waals surface area contributed by atoms with E-state index >= 15 is 0 Å². The van der Waals surface area contributed by atoms with Crippen LogP contribution in [0.4, 0.5) is 5.69 Å². The van der Waals surface area contributed by atoms with Crippen molar-refractivity contribution >= 4 is 29.9 Å². The molecule has 152 valence electrons. The van der Waals surface area contributed by atoms with Crippen molar-refractivity contribution < 1.29 is 9.59 Å². The van der Waals surface area contributed by atoms with Crippen LogP contribution in [0.1, 0.15) is 44.9 Å². The molecule has 0 bridgehead atoms. The number of likely N-dealkylation sites (tertiary alicyclic amines) is 1. The molecule has 4 N–H and O–H groups in total. The summed E-state index contributed by atoms with van der Waals surface area (Å²) in [7, 11) is 0. The average molecular weight is 407 g/mol. The van der Waals surface area contributed by atoms with Gasteiger partial charge in [0.25, 0.3) is 0 Å². The Bertz CT molecular complexity index is 792. The molecule has 2 heterocycles. The van der Waals surface area contributed by atoms with Crippen molar-refractivity contribution in [2.75, 3.05) is 11.9 Å². The topological polar surface area (TPSA) is 117 Å². The molecule has 0 aliphatic carbocycles. The molecule has 28 heavy (non-hydrogen) atoms. The SMILES string of the molecule is CCCC(=O)N1CCCCC1C(=O)Nc1ccc(-c2n[nH]c(CN)n2)cc1.Cl. The van der Waals surface area contributed by atoms with E-state index < -0.39 is 6.04 Å². The van der Waals surface area contributed by atoms with Crippen molar-refractivity contribution in [3.63, 3.8) is 0 Å². The highest BCUT2D eigenvalue weighted by molar-refractivity contribution is 5.97. The number of aromatic amines is 1. The quantitative estimate of drug-likeness (QED) is 0.681. The number of amides is 2. The van der Waals surface area contributed by atoms with E-state index in [1.165, 1.54) is 0 Å². The lowest BCUT2D eigenvalue weighted by atomic mass is 10.0. The maximum Gasteiger partial charge on any atom is 0.247 e. The minimum absolute atomic E-state index is 0. The molecular formula is C19H27ClN6O2. The van der Waals surface area contributed by atoms with Crippen LogP contribution >= 0.6 is 12.4 Å². The molecule has 1 unspecified atom stereocenters. The first-order valence-corrected chi connectivity index (χ1v) is 9.44. The van der Waals surface area contributed by atoms with Gasteiger partial charge in [-0.25, -0.2) is 4.98 Å². The summed E-state index contributed by atoms with van der Waals surface area (Å²) in [5.74, 6) is 1.12. The van der Waals surface area contributed by atoms with Crippen LogP contribution in [0.25, 0.3) is 11.4 Å². The van der Waals surface area contributed by atoms with Gasteiger partial charge in [0.2, 0.25) is 11.8 Å². The van der Waals surface area contributed by atoms with Crippen LogP contribution in [0, 0.1) is 0 Å². The molecular weight excluding hydrogens is 380 g/mol. The van der Waals surface area contributed by atoms with Gasteiger partial charge in [-0.1, -0.05) is 6.92 Å². The van der Waals surface area contributed by atoms with Crippen molar-refractivity contribution in [3.05, 3.63) is 30.1 Å². The number of carbonyl (C=O) groups is 2. The Labute approximate surface area is 170 Å². The molecule has 1 aliphatic heterocycles. The van der Waals surface area contributed by atoms with Gasteiger partial charge in [0.05, 0.1) is 6.54 Å². The van der Waals surface area contributed by atoms with E-state index in [4.69, 9.17) is 5.73 Å². The minimum atomic E-state index is -0.391. The lowest BCUT2D eigenvalue weighted by Gasteiger charge is -2.34. The molecule has 0 spiro atoms. The maximum atomic E-state index is 12.7. The van der Waals surface area contributed by atoms with E-state index in [0.717, 1.165) is 24.8 Å². The summed E-state index contributed by atoms with van der Waals surface area (Å²) in [5.41, 5.74) is 7.05. The fraction of sp³-hybridized carbons (Fsp3) is 0.474. The first-order chi connectivity index (χ1) is 13.1. The molecule has 1 atom stereocenters. The number of H-pyrrole nitrogens is 1. The fourth-order valence-corrected chi connectivity index (χ4v) is 3.30. The van der Waals surface area contributed by atoms with Crippen LogP contribution in [-0.4, -0.2) is 44.5 Å².